The van der Waals surface area contributed by atoms with Gasteiger partial charge in [-0.1, -0.05) is 6.58 Å². The van der Waals surface area contributed by atoms with Crippen molar-refractivity contribution in [3.8, 4) is 0 Å². The standard InChI is InChI=1S/C8H14O3/c1-5-7(9)11-6(2)8(3,4)10/h5-6,10H,1H2,2-4H3. The van der Waals surface area contributed by atoms with Crippen LogP contribution in [0.1, 0.15) is 20.8 Å². The van der Waals surface area contributed by atoms with Gasteiger partial charge in [-0.15, -0.1) is 0 Å². The summed E-state index contributed by atoms with van der Waals surface area (Å²) in [4.78, 5) is 10.6. The van der Waals surface area contributed by atoms with E-state index in [2.05, 4.69) is 6.58 Å². The van der Waals surface area contributed by atoms with E-state index in [4.69, 9.17) is 4.74 Å². The first kappa shape index (κ1) is 10.2. The molecule has 0 aliphatic rings. The first-order valence-corrected chi connectivity index (χ1v) is 3.43. The fourth-order valence-corrected chi connectivity index (χ4v) is 0.367. The molecule has 0 rings (SSSR count). The van der Waals surface area contributed by atoms with Gasteiger partial charge >= 0.3 is 5.97 Å². The molecule has 1 N–H and O–H groups in total. The molecule has 64 valence electrons. The van der Waals surface area contributed by atoms with Gasteiger partial charge in [0.15, 0.2) is 0 Å². The monoisotopic (exact) mass is 158 g/mol. The minimum absolute atomic E-state index is 0.514. The minimum Gasteiger partial charge on any atom is -0.456 e. The maximum atomic E-state index is 10.6. The fourth-order valence-electron chi connectivity index (χ4n) is 0.367. The van der Waals surface area contributed by atoms with E-state index in [0.717, 1.165) is 6.08 Å². The molecule has 11 heavy (non-hydrogen) atoms. The lowest BCUT2D eigenvalue weighted by Gasteiger charge is -2.24. The van der Waals surface area contributed by atoms with Crippen molar-refractivity contribution in [2.45, 2.75) is 32.5 Å². The molecule has 0 bridgehead atoms. The molecule has 0 fully saturated rings. The molecule has 0 aliphatic carbocycles. The van der Waals surface area contributed by atoms with E-state index in [1.165, 1.54) is 0 Å². The Balaban J connectivity index is 3.97. The molecule has 0 aromatic heterocycles. The lowest BCUT2D eigenvalue weighted by Crippen LogP contribution is -2.36. The second-order valence-corrected chi connectivity index (χ2v) is 2.94. The van der Waals surface area contributed by atoms with Crippen molar-refractivity contribution in [3.05, 3.63) is 12.7 Å². The molecule has 0 radical (unpaired) electrons. The SMILES string of the molecule is C=CC(=O)OC(C)C(C)(C)O. The van der Waals surface area contributed by atoms with Crippen molar-refractivity contribution in [1.82, 2.24) is 0 Å². The Kier molecular flexibility index (Phi) is 3.26. The number of hydrogen-bond donors (Lipinski definition) is 1. The first-order valence-electron chi connectivity index (χ1n) is 3.43. The van der Waals surface area contributed by atoms with Gasteiger partial charge in [0.05, 0.1) is 5.60 Å². The minimum atomic E-state index is -1.00. The van der Waals surface area contributed by atoms with Crippen molar-refractivity contribution >= 4 is 5.97 Å². The van der Waals surface area contributed by atoms with Crippen molar-refractivity contribution in [3.63, 3.8) is 0 Å². The van der Waals surface area contributed by atoms with Crippen LogP contribution in [0.25, 0.3) is 0 Å². The van der Waals surface area contributed by atoms with Crippen LogP contribution in [0.4, 0.5) is 0 Å². The molecule has 3 nitrogen and oxygen atoms in total. The molecule has 0 saturated heterocycles. The van der Waals surface area contributed by atoms with Crippen LogP contribution in [0.15, 0.2) is 12.7 Å². The molecule has 0 amide bonds. The Morgan fingerprint density at radius 1 is 1.73 bits per heavy atom. The Morgan fingerprint density at radius 3 is 2.45 bits per heavy atom. The lowest BCUT2D eigenvalue weighted by atomic mass is 10.0. The molecule has 0 saturated carbocycles. The summed E-state index contributed by atoms with van der Waals surface area (Å²) in [5.41, 5.74) is -1.00. The topological polar surface area (TPSA) is 46.5 Å². The summed E-state index contributed by atoms with van der Waals surface area (Å²) < 4.78 is 4.76. The number of aliphatic hydroxyl groups is 1. The highest BCUT2D eigenvalue weighted by Gasteiger charge is 2.24. The molecule has 0 aromatic rings. The summed E-state index contributed by atoms with van der Waals surface area (Å²) in [6.45, 7) is 8.02. The van der Waals surface area contributed by atoms with Crippen molar-refractivity contribution in [1.29, 1.82) is 0 Å². The van der Waals surface area contributed by atoms with Crippen LogP contribution in [-0.2, 0) is 9.53 Å². The molecule has 1 unspecified atom stereocenters. The zero-order chi connectivity index (χ0) is 9.07. The Morgan fingerprint density at radius 2 is 2.18 bits per heavy atom. The molecule has 0 heterocycles. The third-order valence-electron chi connectivity index (χ3n) is 1.45. The van der Waals surface area contributed by atoms with E-state index in [9.17, 15) is 9.90 Å². The normalized spacial score (nSPS) is 13.8. The van der Waals surface area contributed by atoms with Gasteiger partial charge in [0.2, 0.25) is 0 Å². The highest BCUT2D eigenvalue weighted by Crippen LogP contribution is 2.11. The summed E-state index contributed by atoms with van der Waals surface area (Å²) in [7, 11) is 0. The van der Waals surface area contributed by atoms with Gasteiger partial charge in [-0.25, -0.2) is 4.79 Å². The van der Waals surface area contributed by atoms with Crippen LogP contribution < -0.4 is 0 Å². The zero-order valence-corrected chi connectivity index (χ0v) is 7.13. The van der Waals surface area contributed by atoms with E-state index in [1.807, 2.05) is 0 Å². The zero-order valence-electron chi connectivity index (χ0n) is 7.13. The van der Waals surface area contributed by atoms with Gasteiger partial charge in [-0.05, 0) is 20.8 Å². The van der Waals surface area contributed by atoms with Gasteiger partial charge in [-0.3, -0.25) is 0 Å². The molecule has 0 aromatic carbocycles. The van der Waals surface area contributed by atoms with Crippen LogP contribution in [0.3, 0.4) is 0 Å². The number of esters is 1. The first-order chi connectivity index (χ1) is 4.88. The number of ether oxygens (including phenoxy) is 1. The summed E-state index contributed by atoms with van der Waals surface area (Å²) in [6.07, 6.45) is 0.551. The summed E-state index contributed by atoms with van der Waals surface area (Å²) >= 11 is 0. The average Bonchev–Trinajstić information content (AvgIpc) is 1.85. The lowest BCUT2D eigenvalue weighted by molar-refractivity contribution is -0.153. The predicted octanol–water partition coefficient (Wildman–Crippen LogP) is 0.875. The van der Waals surface area contributed by atoms with Crippen LogP contribution in [0.2, 0.25) is 0 Å². The molecule has 3 heteroatoms. The van der Waals surface area contributed by atoms with E-state index >= 15 is 0 Å². The Hall–Kier alpha value is -0.830. The van der Waals surface area contributed by atoms with E-state index in [0.29, 0.717) is 0 Å². The predicted molar refractivity (Wildman–Crippen MR) is 42.0 cm³/mol. The number of hydrogen-bond acceptors (Lipinski definition) is 3. The molecular weight excluding hydrogens is 144 g/mol. The van der Waals surface area contributed by atoms with E-state index in [1.54, 1.807) is 20.8 Å². The Bertz CT molecular complexity index is 155. The quantitative estimate of drug-likeness (QED) is 0.489. The molecule has 0 aliphatic heterocycles. The molecule has 0 spiro atoms. The number of rotatable bonds is 3. The number of carbonyl (C=O) groups excluding carboxylic acids is 1. The molecule has 1 atom stereocenters. The van der Waals surface area contributed by atoms with Crippen LogP contribution in [-0.4, -0.2) is 22.8 Å². The van der Waals surface area contributed by atoms with Crippen molar-refractivity contribution in [2.75, 3.05) is 0 Å². The summed E-state index contributed by atoms with van der Waals surface area (Å²) in [6, 6.07) is 0. The second-order valence-electron chi connectivity index (χ2n) is 2.94. The molecular formula is C8H14O3. The highest BCUT2D eigenvalue weighted by atomic mass is 16.6. The summed E-state index contributed by atoms with van der Waals surface area (Å²) in [5.74, 6) is -0.514. The maximum Gasteiger partial charge on any atom is 0.330 e. The second kappa shape index (κ2) is 3.53. The van der Waals surface area contributed by atoms with E-state index < -0.39 is 17.7 Å². The van der Waals surface area contributed by atoms with Gasteiger partial charge in [-0.2, -0.15) is 0 Å². The van der Waals surface area contributed by atoms with Gasteiger partial charge < -0.3 is 9.84 Å². The van der Waals surface area contributed by atoms with Gasteiger partial charge in [0, 0.05) is 6.08 Å². The third kappa shape index (κ3) is 3.78. The maximum absolute atomic E-state index is 10.6. The van der Waals surface area contributed by atoms with Crippen molar-refractivity contribution < 1.29 is 14.6 Å². The van der Waals surface area contributed by atoms with Crippen LogP contribution in [0, 0.1) is 0 Å². The van der Waals surface area contributed by atoms with Gasteiger partial charge in [0.1, 0.15) is 6.10 Å². The fraction of sp³-hybridized carbons (Fsp3) is 0.625. The summed E-state index contributed by atoms with van der Waals surface area (Å²) in [5, 5.41) is 9.32. The van der Waals surface area contributed by atoms with Crippen LogP contribution >= 0.6 is 0 Å². The number of carbonyl (C=O) groups is 1. The van der Waals surface area contributed by atoms with Gasteiger partial charge in [0.25, 0.3) is 0 Å². The Labute approximate surface area is 66.7 Å². The largest absolute Gasteiger partial charge is 0.456 e. The van der Waals surface area contributed by atoms with Crippen LogP contribution in [0.5, 0.6) is 0 Å². The highest BCUT2D eigenvalue weighted by molar-refractivity contribution is 5.81. The average molecular weight is 158 g/mol. The van der Waals surface area contributed by atoms with Crippen molar-refractivity contribution in [2.24, 2.45) is 0 Å². The third-order valence-corrected chi connectivity index (χ3v) is 1.45. The smallest absolute Gasteiger partial charge is 0.330 e. The van der Waals surface area contributed by atoms with E-state index in [-0.39, 0.29) is 0 Å².